The summed E-state index contributed by atoms with van der Waals surface area (Å²) in [5.74, 6) is 9.16. The number of benzene rings is 3. The Balaban J connectivity index is 0.000000190. The highest BCUT2D eigenvalue weighted by atomic mass is 35.5. The highest BCUT2D eigenvalue weighted by Gasteiger charge is 2.30. The molecule has 5 fully saturated rings. The Bertz CT molecular complexity index is 5190. The van der Waals surface area contributed by atoms with E-state index >= 15 is 0 Å². The smallest absolute Gasteiger partial charge is 0.264 e. The van der Waals surface area contributed by atoms with E-state index < -0.39 is 40.2 Å². The largest absolute Gasteiger partial charge is 0.508 e. The van der Waals surface area contributed by atoms with Crippen molar-refractivity contribution in [2.45, 2.75) is 234 Å². The number of nitrogens with one attached hydrogen (secondary N) is 1. The van der Waals surface area contributed by atoms with Crippen LogP contribution in [0, 0.1) is 29.6 Å². The second-order valence-corrected chi connectivity index (χ2v) is 45.4. The number of halogens is 1. The molecule has 13 heterocycles. The summed E-state index contributed by atoms with van der Waals surface area (Å²) < 4.78 is 113. The minimum atomic E-state index is -3.30. The van der Waals surface area contributed by atoms with Gasteiger partial charge in [0.05, 0.1) is 44.8 Å². The van der Waals surface area contributed by atoms with Crippen molar-refractivity contribution in [2.24, 2.45) is 29.6 Å². The van der Waals surface area contributed by atoms with Gasteiger partial charge in [-0.1, -0.05) is 45.9 Å². The van der Waals surface area contributed by atoms with Crippen molar-refractivity contribution in [2.75, 3.05) is 169 Å². The Morgan fingerprint density at radius 2 is 0.643 bits per heavy atom. The van der Waals surface area contributed by atoms with Crippen LogP contribution in [0.2, 0.25) is 0 Å². The average molecular weight is 2040 g/mol. The number of aromatic hydroxyl groups is 1. The van der Waals surface area contributed by atoms with Gasteiger partial charge in [0.15, 0.2) is 0 Å². The molecule has 0 radical (unpaired) electrons. The topological polar surface area (TPSA) is 396 Å². The second kappa shape index (κ2) is 60.3. The first-order chi connectivity index (χ1) is 67.0. The lowest BCUT2D eigenvalue weighted by Gasteiger charge is -2.32. The molecule has 0 spiro atoms. The third-order valence-corrected chi connectivity index (χ3v) is 31.7. The van der Waals surface area contributed by atoms with E-state index in [1.165, 1.54) is 149 Å². The molecule has 0 saturated carbocycles. The summed E-state index contributed by atoms with van der Waals surface area (Å²) in [5, 5.41) is 38.5. The zero-order chi connectivity index (χ0) is 99.4. The van der Waals surface area contributed by atoms with Gasteiger partial charge in [0.2, 0.25) is 53.9 Å². The third kappa shape index (κ3) is 40.6. The first-order valence-electron chi connectivity index (χ1n) is 50.6. The number of anilines is 4. The molecular formula is C103H158ClN17O15S4. The van der Waals surface area contributed by atoms with Crippen LogP contribution in [0.5, 0.6) is 17.2 Å². The van der Waals surface area contributed by atoms with Crippen molar-refractivity contribution >= 4 is 76.4 Å². The lowest BCUT2D eigenvalue weighted by atomic mass is 9.92. The highest BCUT2D eigenvalue weighted by Crippen LogP contribution is 2.33. The predicted molar refractivity (Wildman–Crippen MR) is 558 cm³/mol. The molecule has 8 aromatic rings. The van der Waals surface area contributed by atoms with Crippen LogP contribution < -0.4 is 34.4 Å². The highest BCUT2D eigenvalue weighted by molar-refractivity contribution is 7.88. The molecule has 140 heavy (non-hydrogen) atoms. The van der Waals surface area contributed by atoms with Crippen LogP contribution in [0.3, 0.4) is 0 Å². The van der Waals surface area contributed by atoms with E-state index in [1.807, 2.05) is 86.0 Å². The summed E-state index contributed by atoms with van der Waals surface area (Å²) in [6.07, 6.45) is 54.1. The fourth-order valence-electron chi connectivity index (χ4n) is 18.5. The first-order valence-corrected chi connectivity index (χ1v) is 58.0. The number of aromatic nitrogens is 9. The number of phenols is 1. The first kappa shape index (κ1) is 115. The Morgan fingerprint density at radius 3 is 0.943 bits per heavy atom. The van der Waals surface area contributed by atoms with Crippen molar-refractivity contribution in [1.29, 1.82) is 0 Å². The summed E-state index contributed by atoms with van der Waals surface area (Å²) in [7, 11) is -12.7. The number of nitrogens with zero attached hydrogens (tertiary/aromatic N) is 16. The molecule has 8 aliphatic heterocycles. The van der Waals surface area contributed by atoms with Gasteiger partial charge in [0.25, 0.3) is 10.1 Å². The van der Waals surface area contributed by atoms with Crippen LogP contribution in [-0.4, -0.2) is 262 Å². The Kier molecular flexibility index (Phi) is 49.6. The van der Waals surface area contributed by atoms with Gasteiger partial charge in [-0.2, -0.15) is 21.3 Å². The van der Waals surface area contributed by atoms with Gasteiger partial charge in [-0.25, -0.2) is 65.1 Å². The lowest BCUT2D eigenvalue weighted by molar-refractivity contribution is 0.257. The number of phenolic OH excluding ortho intramolecular Hbond substituents is 1. The molecule has 37 heteroatoms. The molecule has 0 amide bonds. The number of aliphatic hydroxyl groups excluding tert-OH is 3. The molecule has 0 atom stereocenters. The van der Waals surface area contributed by atoms with E-state index in [9.17, 15) is 38.8 Å². The maximum absolute atomic E-state index is 11.8. The fourth-order valence-corrected chi connectivity index (χ4v) is 21.3. The molecule has 3 aromatic carbocycles. The Labute approximate surface area is 841 Å². The molecule has 8 aliphatic rings. The number of hydrogen-bond donors (Lipinski definition) is 5. The Hall–Kier alpha value is -8.50. The van der Waals surface area contributed by atoms with Crippen LogP contribution in [0.15, 0.2) is 129 Å². The molecule has 5 N–H and O–H groups in total. The van der Waals surface area contributed by atoms with Crippen LogP contribution >= 0.6 is 12.4 Å². The minimum Gasteiger partial charge on any atom is -0.508 e. The van der Waals surface area contributed by atoms with Crippen molar-refractivity contribution in [3.63, 3.8) is 0 Å². The summed E-state index contributed by atoms with van der Waals surface area (Å²) in [5.41, 5.74) is 12.5. The zero-order valence-electron chi connectivity index (χ0n) is 84.0. The zero-order valence-corrected chi connectivity index (χ0v) is 88.1. The molecule has 5 aromatic heterocycles. The molecule has 16 rings (SSSR count). The van der Waals surface area contributed by atoms with Gasteiger partial charge in [-0.15, -0.1) is 12.4 Å². The van der Waals surface area contributed by atoms with E-state index in [-0.39, 0.29) is 24.8 Å². The van der Waals surface area contributed by atoms with Crippen LogP contribution in [0.4, 0.5) is 23.8 Å². The SMILES string of the molecule is CCc1cnc(N2CCC(CCCO)CC2)nc1.CCc1cnc(N2CCC(CCCOS(C)(=O)=O)CC2)nc1.CCc1cnc(N2CCC(CCCOc3ccc4c(c3)CCN(S(C)(=O)=O)C4)CC2)nc1.CCc1cnc(N2CCC(CCCOc3ccc4c(c3)CCN(S(C)(=O)=O)C4)CC2)nc1.CS(=O)(=O)N1CCc2cc(O)ccc2C1.Cl.OCCCC1CCNCC1.OCCCc1ccncc1. The maximum Gasteiger partial charge on any atom is 0.264 e. The molecule has 776 valence electrons. The monoisotopic (exact) mass is 2040 g/mol. The van der Waals surface area contributed by atoms with Crippen molar-refractivity contribution < 1.29 is 67.8 Å². The van der Waals surface area contributed by atoms with Crippen LogP contribution in [0.25, 0.3) is 0 Å². The number of aryl methyl sites for hydroxylation is 5. The third-order valence-electron chi connectivity index (χ3n) is 27.4. The van der Waals surface area contributed by atoms with Gasteiger partial charge in [-0.05, 0) is 339 Å². The van der Waals surface area contributed by atoms with Crippen LogP contribution in [0.1, 0.15) is 224 Å². The van der Waals surface area contributed by atoms with Crippen molar-refractivity contribution in [1.82, 2.24) is 63.1 Å². The standard InChI is InChI=1S/2C24H34N4O3S.C15H25N3O3S.C14H23N3O.C10H13NO3S.C8H17NO.C8H11NO.ClH/c2*1-3-19-16-25-24(26-17-19)27-11-8-20(9-12-27)5-4-14-31-23-7-6-22-18-28(32(2,29)30)13-10-21(22)15-23;1-3-13-11-16-15(17-12-13)18-8-6-14(7-9-18)5-4-10-21-22(2,19)20;1-2-12-10-15-14(16-11-12)17-7-5-13(6-8-17)4-3-9-18;1-15(13,14)11-5-4-8-6-10(12)3-2-9(8)7-11;2*10-7-1-2-8-3-5-9-6-4-8;/h2*6-7,15-17,20H,3-5,8-14,18H2,1-2H3;11-12,14H,3-10H2,1-2H3;10-11,13,18H,2-9H2,1H3;2-3,6,12H,4-5,7H2,1H3;8-10H,1-7H2;3-6,10H,1-2,7H2;1H. The molecule has 0 bridgehead atoms. The van der Waals surface area contributed by atoms with E-state index in [0.29, 0.717) is 71.4 Å². The van der Waals surface area contributed by atoms with E-state index in [2.05, 4.69) is 110 Å². The summed E-state index contributed by atoms with van der Waals surface area (Å²) in [6, 6.07) is 21.1. The summed E-state index contributed by atoms with van der Waals surface area (Å²) in [4.78, 5) is 48.8. The number of piperidine rings is 5. The number of fused-ring (bicyclic) bond motifs is 3. The van der Waals surface area contributed by atoms with Gasteiger partial charge >= 0.3 is 0 Å². The van der Waals surface area contributed by atoms with Gasteiger partial charge in [-0.3, -0.25) is 9.17 Å². The summed E-state index contributed by atoms with van der Waals surface area (Å²) >= 11 is 0. The number of ether oxygens (including phenoxy) is 2. The maximum atomic E-state index is 11.8. The van der Waals surface area contributed by atoms with E-state index in [4.69, 9.17) is 29.0 Å². The van der Waals surface area contributed by atoms with Gasteiger partial charge in [0, 0.05) is 173 Å². The molecule has 32 nitrogen and oxygen atoms in total. The number of aliphatic hydroxyl groups is 3. The van der Waals surface area contributed by atoms with Gasteiger partial charge in [0.1, 0.15) is 17.2 Å². The van der Waals surface area contributed by atoms with Gasteiger partial charge < -0.3 is 54.8 Å². The fraction of sp³-hybridized carbons (Fsp3) is 0.621. The molecular weight excluding hydrogens is 1880 g/mol. The quantitative estimate of drug-likeness (QED) is 0.0182. The Morgan fingerprint density at radius 1 is 0.350 bits per heavy atom. The van der Waals surface area contributed by atoms with Crippen molar-refractivity contribution in [3.05, 3.63) is 190 Å². The molecule has 0 aliphatic carbocycles. The minimum absolute atomic E-state index is 0. The predicted octanol–water partition coefficient (Wildman–Crippen LogP) is 13.8. The normalized spacial score (nSPS) is 17.1. The molecule has 5 saturated heterocycles. The summed E-state index contributed by atoms with van der Waals surface area (Å²) in [6.45, 7) is 24.5. The van der Waals surface area contributed by atoms with E-state index in [0.717, 1.165) is 268 Å². The average Bonchev–Trinajstić information content (AvgIpc) is 0.818. The number of rotatable bonds is 35. The lowest BCUT2D eigenvalue weighted by Crippen LogP contribution is -2.35. The number of sulfonamides is 3. The van der Waals surface area contributed by atoms with Crippen molar-refractivity contribution in [3.8, 4) is 17.2 Å². The number of hydrogen-bond acceptors (Lipinski definition) is 29. The van der Waals surface area contributed by atoms with E-state index in [1.54, 1.807) is 30.6 Å². The number of pyridine rings is 1. The molecule has 0 unspecified atom stereocenters. The van der Waals surface area contributed by atoms with Crippen LogP contribution in [-0.2, 0) is 115 Å². The second-order valence-electron chi connectivity index (χ2n) is 37.8.